The summed E-state index contributed by atoms with van der Waals surface area (Å²) in [5.74, 6) is -1.51. The van der Waals surface area contributed by atoms with Gasteiger partial charge in [-0.2, -0.15) is 5.26 Å². The molecule has 1 aromatic rings. The highest BCUT2D eigenvalue weighted by Crippen LogP contribution is 2.11. The fourth-order valence-electron chi connectivity index (χ4n) is 1.77. The van der Waals surface area contributed by atoms with Gasteiger partial charge in [0.1, 0.15) is 5.69 Å². The lowest BCUT2D eigenvalue weighted by Gasteiger charge is -2.29. The van der Waals surface area contributed by atoms with Gasteiger partial charge in [0.15, 0.2) is 6.10 Å². The van der Waals surface area contributed by atoms with Crippen LogP contribution in [0.4, 0.5) is 0 Å². The lowest BCUT2D eigenvalue weighted by atomic mass is 10.2. The average molecular weight is 261 g/mol. The molecule has 0 bridgehead atoms. The van der Waals surface area contributed by atoms with Crippen molar-refractivity contribution in [3.8, 4) is 6.07 Å². The second-order valence-corrected chi connectivity index (χ2v) is 3.97. The molecule has 7 nitrogen and oxygen atoms in total. The first-order valence-corrected chi connectivity index (χ1v) is 5.61. The molecule has 1 aromatic heterocycles. The highest BCUT2D eigenvalue weighted by molar-refractivity contribution is 5.96. The lowest BCUT2D eigenvalue weighted by molar-refractivity contribution is 0.00346. The van der Waals surface area contributed by atoms with Crippen molar-refractivity contribution in [2.45, 2.75) is 6.10 Å². The smallest absolute Gasteiger partial charge is 0.354 e. The van der Waals surface area contributed by atoms with Gasteiger partial charge < -0.3 is 14.7 Å². The molecule has 0 radical (unpaired) electrons. The molecule has 1 aliphatic heterocycles. The van der Waals surface area contributed by atoms with Crippen LogP contribution in [0.1, 0.15) is 20.8 Å². The number of nitrogens with zero attached hydrogens (tertiary/aromatic N) is 3. The molecule has 0 saturated carbocycles. The third-order valence-electron chi connectivity index (χ3n) is 2.72. The standard InChI is InChI=1S/C12H11N3O4/c13-6-9-7-15(3-4-19-9)11(16)8-1-2-14-10(5-8)12(17)18/h1-2,5,9H,3-4,7H2,(H,17,18). The Morgan fingerprint density at radius 3 is 3.05 bits per heavy atom. The number of carbonyl (C=O) groups is 2. The van der Waals surface area contributed by atoms with Crippen molar-refractivity contribution in [3.05, 3.63) is 29.6 Å². The van der Waals surface area contributed by atoms with E-state index in [4.69, 9.17) is 15.1 Å². The first-order chi connectivity index (χ1) is 9.11. The molecule has 1 aliphatic rings. The minimum absolute atomic E-state index is 0.181. The van der Waals surface area contributed by atoms with E-state index in [2.05, 4.69) is 4.98 Å². The maximum Gasteiger partial charge on any atom is 0.354 e. The number of amides is 1. The quantitative estimate of drug-likeness (QED) is 0.812. The minimum atomic E-state index is -1.19. The minimum Gasteiger partial charge on any atom is -0.477 e. The molecule has 1 N–H and O–H groups in total. The number of hydrogen-bond acceptors (Lipinski definition) is 5. The van der Waals surface area contributed by atoms with Gasteiger partial charge in [-0.05, 0) is 12.1 Å². The third kappa shape index (κ3) is 2.86. The Labute approximate surface area is 109 Å². The summed E-state index contributed by atoms with van der Waals surface area (Å²) in [7, 11) is 0. The molecule has 1 fully saturated rings. The number of carboxylic acids is 1. The van der Waals surface area contributed by atoms with Crippen LogP contribution in [0.5, 0.6) is 0 Å². The van der Waals surface area contributed by atoms with Crippen molar-refractivity contribution in [2.75, 3.05) is 19.7 Å². The maximum atomic E-state index is 12.2. The number of ether oxygens (including phenoxy) is 1. The molecule has 2 rings (SSSR count). The second kappa shape index (κ2) is 5.46. The summed E-state index contributed by atoms with van der Waals surface area (Å²) in [5, 5.41) is 17.6. The van der Waals surface area contributed by atoms with Crippen molar-refractivity contribution < 1.29 is 19.4 Å². The van der Waals surface area contributed by atoms with Gasteiger partial charge in [0.2, 0.25) is 0 Å². The molecule has 7 heteroatoms. The van der Waals surface area contributed by atoms with E-state index in [1.807, 2.05) is 6.07 Å². The molecule has 1 saturated heterocycles. The van der Waals surface area contributed by atoms with Crippen molar-refractivity contribution in [1.82, 2.24) is 9.88 Å². The number of aromatic nitrogens is 1. The zero-order valence-corrected chi connectivity index (χ0v) is 9.94. The van der Waals surface area contributed by atoms with Gasteiger partial charge in [0.05, 0.1) is 19.2 Å². The second-order valence-electron chi connectivity index (χ2n) is 3.97. The highest BCUT2D eigenvalue weighted by Gasteiger charge is 2.25. The Morgan fingerprint density at radius 2 is 2.37 bits per heavy atom. The summed E-state index contributed by atoms with van der Waals surface area (Å²) in [5.41, 5.74) is 0.0573. The van der Waals surface area contributed by atoms with E-state index in [1.54, 1.807) is 0 Å². The average Bonchev–Trinajstić information content (AvgIpc) is 2.46. The van der Waals surface area contributed by atoms with Gasteiger partial charge in [-0.3, -0.25) is 4.79 Å². The molecule has 0 aromatic carbocycles. The predicted molar refractivity (Wildman–Crippen MR) is 62.5 cm³/mol. The number of carbonyl (C=O) groups excluding carboxylic acids is 1. The number of morpholine rings is 1. The van der Waals surface area contributed by atoms with Crippen LogP contribution in [-0.4, -0.2) is 52.7 Å². The normalized spacial score (nSPS) is 18.7. The van der Waals surface area contributed by atoms with Crippen LogP contribution in [0.3, 0.4) is 0 Å². The summed E-state index contributed by atoms with van der Waals surface area (Å²) >= 11 is 0. The van der Waals surface area contributed by atoms with Gasteiger partial charge >= 0.3 is 5.97 Å². The Balaban J connectivity index is 2.17. The number of nitriles is 1. The summed E-state index contributed by atoms with van der Waals surface area (Å²) < 4.78 is 5.14. The summed E-state index contributed by atoms with van der Waals surface area (Å²) in [6, 6.07) is 4.62. The van der Waals surface area contributed by atoms with Crippen molar-refractivity contribution in [1.29, 1.82) is 5.26 Å². The monoisotopic (exact) mass is 261 g/mol. The van der Waals surface area contributed by atoms with E-state index in [0.717, 1.165) is 0 Å². The van der Waals surface area contributed by atoms with Gasteiger partial charge in [-0.25, -0.2) is 9.78 Å². The van der Waals surface area contributed by atoms with E-state index in [9.17, 15) is 9.59 Å². The molecular weight excluding hydrogens is 250 g/mol. The fraction of sp³-hybridized carbons (Fsp3) is 0.333. The SMILES string of the molecule is N#CC1CN(C(=O)c2ccnc(C(=O)O)c2)CCO1. The van der Waals surface area contributed by atoms with E-state index < -0.39 is 12.1 Å². The summed E-state index contributed by atoms with van der Waals surface area (Å²) in [6.07, 6.45) is 0.636. The molecule has 1 unspecified atom stereocenters. The molecule has 1 atom stereocenters. The maximum absolute atomic E-state index is 12.2. The van der Waals surface area contributed by atoms with E-state index >= 15 is 0 Å². The van der Waals surface area contributed by atoms with Crippen LogP contribution < -0.4 is 0 Å². The summed E-state index contributed by atoms with van der Waals surface area (Å²) in [6.45, 7) is 0.850. The number of hydrogen-bond donors (Lipinski definition) is 1. The zero-order chi connectivity index (χ0) is 13.8. The lowest BCUT2D eigenvalue weighted by Crippen LogP contribution is -2.45. The Kier molecular flexibility index (Phi) is 3.73. The van der Waals surface area contributed by atoms with E-state index in [1.165, 1.54) is 23.2 Å². The molecular formula is C12H11N3O4. The van der Waals surface area contributed by atoms with Crippen molar-refractivity contribution >= 4 is 11.9 Å². The fourth-order valence-corrected chi connectivity index (χ4v) is 1.77. The van der Waals surface area contributed by atoms with Crippen LogP contribution >= 0.6 is 0 Å². The number of carboxylic acid groups (broad SMARTS) is 1. The Hall–Kier alpha value is -2.46. The molecule has 98 valence electrons. The molecule has 19 heavy (non-hydrogen) atoms. The van der Waals surface area contributed by atoms with Gasteiger partial charge in [-0.15, -0.1) is 0 Å². The number of rotatable bonds is 2. The molecule has 0 aliphatic carbocycles. The van der Waals surface area contributed by atoms with Crippen LogP contribution in [0.2, 0.25) is 0 Å². The molecule has 1 amide bonds. The first kappa shape index (κ1) is 13.0. The van der Waals surface area contributed by atoms with Crippen molar-refractivity contribution in [3.63, 3.8) is 0 Å². The van der Waals surface area contributed by atoms with Gasteiger partial charge in [0.25, 0.3) is 5.91 Å². The Morgan fingerprint density at radius 1 is 1.58 bits per heavy atom. The number of aromatic carboxylic acids is 1. The third-order valence-corrected chi connectivity index (χ3v) is 2.72. The van der Waals surface area contributed by atoms with Gasteiger partial charge in [-0.1, -0.05) is 0 Å². The van der Waals surface area contributed by atoms with Crippen molar-refractivity contribution in [2.24, 2.45) is 0 Å². The Bertz CT molecular complexity index is 552. The van der Waals surface area contributed by atoms with E-state index in [-0.39, 0.29) is 23.7 Å². The van der Waals surface area contributed by atoms with Crippen LogP contribution in [0.15, 0.2) is 18.3 Å². The van der Waals surface area contributed by atoms with E-state index in [0.29, 0.717) is 13.2 Å². The van der Waals surface area contributed by atoms with Gasteiger partial charge in [0, 0.05) is 18.3 Å². The first-order valence-electron chi connectivity index (χ1n) is 5.61. The van der Waals surface area contributed by atoms with Crippen LogP contribution in [0.25, 0.3) is 0 Å². The summed E-state index contributed by atoms with van der Waals surface area (Å²) in [4.78, 5) is 28.1. The largest absolute Gasteiger partial charge is 0.477 e. The zero-order valence-electron chi connectivity index (χ0n) is 9.94. The molecule has 2 heterocycles. The number of pyridine rings is 1. The van der Waals surface area contributed by atoms with Crippen LogP contribution in [0, 0.1) is 11.3 Å². The predicted octanol–water partition coefficient (Wildman–Crippen LogP) is 0.144. The topological polar surface area (TPSA) is 104 Å². The highest BCUT2D eigenvalue weighted by atomic mass is 16.5. The van der Waals surface area contributed by atoms with Crippen LogP contribution in [-0.2, 0) is 4.74 Å². The molecule has 0 spiro atoms.